The maximum Gasteiger partial charge on any atom is 0.0104 e. The molecule has 0 saturated carbocycles. The first-order chi connectivity index (χ1) is 7.74. The van der Waals surface area contributed by atoms with E-state index in [9.17, 15) is 0 Å². The van der Waals surface area contributed by atoms with Crippen LogP contribution < -0.4 is 5.32 Å². The van der Waals surface area contributed by atoms with E-state index in [1.165, 1.54) is 5.56 Å². The van der Waals surface area contributed by atoms with E-state index < -0.39 is 0 Å². The molecule has 0 aliphatic carbocycles. The van der Waals surface area contributed by atoms with E-state index >= 15 is 0 Å². The lowest BCUT2D eigenvalue weighted by molar-refractivity contribution is 0.316. The second-order valence-electron chi connectivity index (χ2n) is 4.43. The van der Waals surface area contributed by atoms with Gasteiger partial charge in [0, 0.05) is 19.6 Å². The van der Waals surface area contributed by atoms with E-state index in [1.54, 1.807) is 0 Å². The minimum atomic E-state index is 0.604. The van der Waals surface area contributed by atoms with Crippen LogP contribution in [0.1, 0.15) is 25.3 Å². The van der Waals surface area contributed by atoms with E-state index in [4.69, 9.17) is 0 Å². The van der Waals surface area contributed by atoms with Gasteiger partial charge >= 0.3 is 0 Å². The van der Waals surface area contributed by atoms with Gasteiger partial charge in [-0.15, -0.1) is 0 Å². The molecule has 0 bridgehead atoms. The Morgan fingerprint density at radius 3 is 2.56 bits per heavy atom. The van der Waals surface area contributed by atoms with Gasteiger partial charge in [0.25, 0.3) is 0 Å². The van der Waals surface area contributed by atoms with Crippen molar-refractivity contribution in [3.05, 3.63) is 35.9 Å². The summed E-state index contributed by atoms with van der Waals surface area (Å²) in [5.41, 5.74) is 1.43. The number of rotatable bonds is 7. The van der Waals surface area contributed by atoms with E-state index in [0.29, 0.717) is 5.92 Å². The minimum absolute atomic E-state index is 0.604. The van der Waals surface area contributed by atoms with Crippen LogP contribution in [0.5, 0.6) is 0 Å². The maximum atomic E-state index is 3.35. The molecule has 1 unspecified atom stereocenters. The first-order valence-corrected chi connectivity index (χ1v) is 6.18. The molecule has 1 aromatic carbocycles. The topological polar surface area (TPSA) is 15.3 Å². The van der Waals surface area contributed by atoms with Crippen LogP contribution in [0, 0.1) is 0 Å². The third-order valence-electron chi connectivity index (χ3n) is 2.87. The van der Waals surface area contributed by atoms with Gasteiger partial charge in [-0.3, -0.25) is 0 Å². The van der Waals surface area contributed by atoms with Crippen LogP contribution in [-0.4, -0.2) is 38.1 Å². The lowest BCUT2D eigenvalue weighted by Crippen LogP contribution is -2.31. The Balaban J connectivity index is 2.31. The monoisotopic (exact) mass is 220 g/mol. The summed E-state index contributed by atoms with van der Waals surface area (Å²) in [6.45, 7) is 8.81. The van der Waals surface area contributed by atoms with Gasteiger partial charge < -0.3 is 10.2 Å². The van der Waals surface area contributed by atoms with Gasteiger partial charge in [0.2, 0.25) is 0 Å². The molecule has 0 heterocycles. The zero-order chi connectivity index (χ0) is 11.8. The molecule has 1 atom stereocenters. The van der Waals surface area contributed by atoms with Crippen molar-refractivity contribution in [2.75, 3.05) is 33.2 Å². The smallest absolute Gasteiger partial charge is 0.0104 e. The Kier molecular flexibility index (Phi) is 6.12. The molecule has 16 heavy (non-hydrogen) atoms. The van der Waals surface area contributed by atoms with E-state index in [1.807, 2.05) is 0 Å². The van der Waals surface area contributed by atoms with Gasteiger partial charge in [0.1, 0.15) is 0 Å². The molecule has 1 N–H and O–H groups in total. The number of hydrogen-bond acceptors (Lipinski definition) is 2. The predicted octanol–water partition coefficient (Wildman–Crippen LogP) is 2.33. The fourth-order valence-electron chi connectivity index (χ4n) is 1.89. The van der Waals surface area contributed by atoms with Crippen LogP contribution in [0.2, 0.25) is 0 Å². The molecule has 0 aromatic heterocycles. The van der Waals surface area contributed by atoms with Crippen molar-refractivity contribution in [2.24, 2.45) is 0 Å². The van der Waals surface area contributed by atoms with Crippen molar-refractivity contribution in [3.63, 3.8) is 0 Å². The third kappa shape index (κ3) is 4.77. The maximum absolute atomic E-state index is 3.35. The number of benzene rings is 1. The standard InChI is InChI=1S/C14H24N2/c1-4-15-10-11-16(3)12-13(2)14-8-6-5-7-9-14/h5-9,13,15H,4,10-12H2,1-3H3. The Morgan fingerprint density at radius 1 is 1.25 bits per heavy atom. The van der Waals surface area contributed by atoms with Crippen LogP contribution in [0.15, 0.2) is 30.3 Å². The molecule has 0 saturated heterocycles. The molecule has 0 aliphatic rings. The first-order valence-electron chi connectivity index (χ1n) is 6.18. The zero-order valence-electron chi connectivity index (χ0n) is 10.7. The van der Waals surface area contributed by atoms with Crippen molar-refractivity contribution in [1.29, 1.82) is 0 Å². The molecule has 0 aliphatic heterocycles. The fraction of sp³-hybridized carbons (Fsp3) is 0.571. The highest BCUT2D eigenvalue weighted by Gasteiger charge is 2.07. The molecule has 2 nitrogen and oxygen atoms in total. The summed E-state index contributed by atoms with van der Waals surface area (Å²) in [4.78, 5) is 2.39. The van der Waals surface area contributed by atoms with Gasteiger partial charge in [-0.1, -0.05) is 44.2 Å². The van der Waals surface area contributed by atoms with Crippen LogP contribution >= 0.6 is 0 Å². The van der Waals surface area contributed by atoms with E-state index in [2.05, 4.69) is 61.4 Å². The molecule has 2 heteroatoms. The second-order valence-corrected chi connectivity index (χ2v) is 4.43. The minimum Gasteiger partial charge on any atom is -0.316 e. The van der Waals surface area contributed by atoms with Crippen molar-refractivity contribution in [2.45, 2.75) is 19.8 Å². The lowest BCUT2D eigenvalue weighted by atomic mass is 10.0. The van der Waals surface area contributed by atoms with Crippen LogP contribution in [-0.2, 0) is 0 Å². The quantitative estimate of drug-likeness (QED) is 0.710. The summed E-state index contributed by atoms with van der Waals surface area (Å²) in [5, 5.41) is 3.35. The Hall–Kier alpha value is -0.860. The van der Waals surface area contributed by atoms with Crippen molar-refractivity contribution in [3.8, 4) is 0 Å². The SMILES string of the molecule is CCNCCN(C)CC(C)c1ccccc1. The molecule has 1 rings (SSSR count). The largest absolute Gasteiger partial charge is 0.316 e. The predicted molar refractivity (Wildman–Crippen MR) is 70.9 cm³/mol. The summed E-state index contributed by atoms with van der Waals surface area (Å²) in [5.74, 6) is 0.604. The molecular weight excluding hydrogens is 196 g/mol. The molecular formula is C14H24N2. The Labute approximate surface area is 99.7 Å². The Morgan fingerprint density at radius 2 is 1.94 bits per heavy atom. The van der Waals surface area contributed by atoms with E-state index in [-0.39, 0.29) is 0 Å². The number of hydrogen-bond donors (Lipinski definition) is 1. The fourth-order valence-corrected chi connectivity index (χ4v) is 1.89. The van der Waals surface area contributed by atoms with Gasteiger partial charge in [-0.2, -0.15) is 0 Å². The lowest BCUT2D eigenvalue weighted by Gasteiger charge is -2.21. The van der Waals surface area contributed by atoms with Crippen molar-refractivity contribution >= 4 is 0 Å². The molecule has 1 aromatic rings. The summed E-state index contributed by atoms with van der Waals surface area (Å²) < 4.78 is 0. The van der Waals surface area contributed by atoms with Gasteiger partial charge in [0.15, 0.2) is 0 Å². The first kappa shape index (κ1) is 13.2. The summed E-state index contributed by atoms with van der Waals surface area (Å²) in [7, 11) is 2.19. The zero-order valence-corrected chi connectivity index (χ0v) is 10.7. The number of nitrogens with one attached hydrogen (secondary N) is 1. The third-order valence-corrected chi connectivity index (χ3v) is 2.87. The van der Waals surface area contributed by atoms with Gasteiger partial charge in [0.05, 0.1) is 0 Å². The normalized spacial score (nSPS) is 13.0. The summed E-state index contributed by atoms with van der Waals surface area (Å²) in [6.07, 6.45) is 0. The highest BCUT2D eigenvalue weighted by molar-refractivity contribution is 5.18. The molecule has 0 radical (unpaired) electrons. The highest BCUT2D eigenvalue weighted by Crippen LogP contribution is 2.14. The summed E-state index contributed by atoms with van der Waals surface area (Å²) >= 11 is 0. The number of nitrogens with zero attached hydrogens (tertiary/aromatic N) is 1. The average Bonchev–Trinajstić information content (AvgIpc) is 2.30. The molecule has 90 valence electrons. The van der Waals surface area contributed by atoms with Crippen LogP contribution in [0.25, 0.3) is 0 Å². The molecule has 0 fully saturated rings. The van der Waals surface area contributed by atoms with Crippen LogP contribution in [0.4, 0.5) is 0 Å². The molecule has 0 spiro atoms. The number of likely N-dealkylation sites (N-methyl/N-ethyl adjacent to an activating group) is 2. The second kappa shape index (κ2) is 7.42. The Bertz CT molecular complexity index is 271. The van der Waals surface area contributed by atoms with Gasteiger partial charge in [-0.25, -0.2) is 0 Å². The van der Waals surface area contributed by atoms with Gasteiger partial charge in [-0.05, 0) is 25.1 Å². The summed E-state index contributed by atoms with van der Waals surface area (Å²) in [6, 6.07) is 10.7. The van der Waals surface area contributed by atoms with Crippen molar-refractivity contribution in [1.82, 2.24) is 10.2 Å². The molecule has 0 amide bonds. The van der Waals surface area contributed by atoms with Crippen molar-refractivity contribution < 1.29 is 0 Å². The van der Waals surface area contributed by atoms with Crippen LogP contribution in [0.3, 0.4) is 0 Å². The van der Waals surface area contributed by atoms with E-state index in [0.717, 1.165) is 26.2 Å². The average molecular weight is 220 g/mol. The highest BCUT2D eigenvalue weighted by atomic mass is 15.1.